The van der Waals surface area contributed by atoms with Crippen molar-refractivity contribution in [2.45, 2.75) is 58.5 Å². The Morgan fingerprint density at radius 1 is 1.35 bits per heavy atom. The average molecular weight is 233 g/mol. The standard InChI is InChI=1S/C15H23NO/c1-12-7-6-10-16-13(12)11-14(17)15(2)8-4-3-5-9-15/h6-7,10,14,17H,3-5,8-9,11H2,1-2H3. The molecule has 0 radical (unpaired) electrons. The highest BCUT2D eigenvalue weighted by Crippen LogP contribution is 2.39. The van der Waals surface area contributed by atoms with Crippen LogP contribution in [-0.2, 0) is 6.42 Å². The number of aliphatic hydroxyl groups excluding tert-OH is 1. The number of aromatic nitrogens is 1. The zero-order valence-corrected chi connectivity index (χ0v) is 10.9. The summed E-state index contributed by atoms with van der Waals surface area (Å²) in [6.07, 6.45) is 8.41. The average Bonchev–Trinajstić information content (AvgIpc) is 2.33. The summed E-state index contributed by atoms with van der Waals surface area (Å²) < 4.78 is 0. The summed E-state index contributed by atoms with van der Waals surface area (Å²) >= 11 is 0. The number of aliphatic hydroxyl groups is 1. The summed E-state index contributed by atoms with van der Waals surface area (Å²) in [7, 11) is 0. The first-order chi connectivity index (χ1) is 8.12. The Morgan fingerprint density at radius 2 is 2.06 bits per heavy atom. The minimum Gasteiger partial charge on any atom is -0.392 e. The lowest BCUT2D eigenvalue weighted by molar-refractivity contribution is 0.00968. The summed E-state index contributed by atoms with van der Waals surface area (Å²) in [6.45, 7) is 4.30. The topological polar surface area (TPSA) is 33.1 Å². The first-order valence-corrected chi connectivity index (χ1v) is 6.70. The van der Waals surface area contributed by atoms with E-state index in [1.807, 2.05) is 12.3 Å². The van der Waals surface area contributed by atoms with Gasteiger partial charge >= 0.3 is 0 Å². The number of rotatable bonds is 3. The van der Waals surface area contributed by atoms with Crippen LogP contribution in [0.3, 0.4) is 0 Å². The Hall–Kier alpha value is -0.890. The normalized spacial score (nSPS) is 21.1. The van der Waals surface area contributed by atoms with Crippen molar-refractivity contribution >= 4 is 0 Å². The summed E-state index contributed by atoms with van der Waals surface area (Å²) in [5.74, 6) is 0. The second-order valence-electron chi connectivity index (χ2n) is 5.70. The van der Waals surface area contributed by atoms with E-state index < -0.39 is 0 Å². The predicted octanol–water partition coefficient (Wildman–Crippen LogP) is 3.26. The molecular formula is C15H23NO. The second kappa shape index (κ2) is 5.18. The maximum Gasteiger partial charge on any atom is 0.0649 e. The van der Waals surface area contributed by atoms with E-state index in [-0.39, 0.29) is 11.5 Å². The maximum atomic E-state index is 10.5. The number of hydrogen-bond acceptors (Lipinski definition) is 2. The van der Waals surface area contributed by atoms with Crippen molar-refractivity contribution in [3.63, 3.8) is 0 Å². The van der Waals surface area contributed by atoms with Gasteiger partial charge in [-0.05, 0) is 36.8 Å². The smallest absolute Gasteiger partial charge is 0.0649 e. The first kappa shape index (κ1) is 12.6. The van der Waals surface area contributed by atoms with Crippen LogP contribution in [-0.4, -0.2) is 16.2 Å². The molecule has 1 unspecified atom stereocenters. The fourth-order valence-electron chi connectivity index (χ4n) is 2.85. The van der Waals surface area contributed by atoms with Crippen LogP contribution in [0.1, 0.15) is 50.3 Å². The van der Waals surface area contributed by atoms with Crippen LogP contribution in [0.2, 0.25) is 0 Å². The van der Waals surface area contributed by atoms with E-state index in [0.717, 1.165) is 18.5 Å². The molecule has 1 atom stereocenters. The summed E-state index contributed by atoms with van der Waals surface area (Å²) in [5.41, 5.74) is 2.33. The molecule has 1 heterocycles. The van der Waals surface area contributed by atoms with Crippen molar-refractivity contribution in [3.05, 3.63) is 29.6 Å². The van der Waals surface area contributed by atoms with E-state index in [1.165, 1.54) is 24.8 Å². The Kier molecular flexibility index (Phi) is 3.82. The molecule has 17 heavy (non-hydrogen) atoms. The molecule has 0 aliphatic heterocycles. The van der Waals surface area contributed by atoms with Gasteiger partial charge in [-0.1, -0.05) is 32.3 Å². The third kappa shape index (κ3) is 2.86. The molecule has 2 rings (SSSR count). The SMILES string of the molecule is Cc1cccnc1CC(O)C1(C)CCCCC1. The van der Waals surface area contributed by atoms with Crippen LogP contribution in [0.4, 0.5) is 0 Å². The predicted molar refractivity (Wildman–Crippen MR) is 69.9 cm³/mol. The molecule has 1 saturated carbocycles. The van der Waals surface area contributed by atoms with Crippen molar-refractivity contribution in [1.82, 2.24) is 4.98 Å². The monoisotopic (exact) mass is 233 g/mol. The Bertz CT molecular complexity index is 369. The Labute approximate surface area is 104 Å². The highest BCUT2D eigenvalue weighted by molar-refractivity contribution is 5.18. The van der Waals surface area contributed by atoms with Gasteiger partial charge in [0, 0.05) is 18.3 Å². The van der Waals surface area contributed by atoms with Crippen LogP contribution in [0.25, 0.3) is 0 Å². The number of hydrogen-bond donors (Lipinski definition) is 1. The minimum atomic E-state index is -0.253. The van der Waals surface area contributed by atoms with Crippen LogP contribution >= 0.6 is 0 Å². The van der Waals surface area contributed by atoms with Crippen molar-refractivity contribution in [3.8, 4) is 0 Å². The molecule has 1 aliphatic rings. The third-order valence-electron chi connectivity index (χ3n) is 4.30. The van der Waals surface area contributed by atoms with E-state index >= 15 is 0 Å². The largest absolute Gasteiger partial charge is 0.392 e. The Balaban J connectivity index is 2.05. The van der Waals surface area contributed by atoms with Crippen LogP contribution in [0.5, 0.6) is 0 Å². The molecule has 0 saturated heterocycles. The number of nitrogens with zero attached hydrogens (tertiary/aromatic N) is 1. The molecule has 1 N–H and O–H groups in total. The molecule has 1 aromatic heterocycles. The summed E-state index contributed by atoms with van der Waals surface area (Å²) in [6, 6.07) is 4.02. The lowest BCUT2D eigenvalue weighted by Crippen LogP contribution is -2.36. The van der Waals surface area contributed by atoms with Gasteiger partial charge in [-0.15, -0.1) is 0 Å². The van der Waals surface area contributed by atoms with Crippen molar-refractivity contribution in [2.75, 3.05) is 0 Å². The maximum absolute atomic E-state index is 10.5. The second-order valence-corrected chi connectivity index (χ2v) is 5.70. The van der Waals surface area contributed by atoms with Gasteiger partial charge < -0.3 is 5.11 Å². The Morgan fingerprint density at radius 3 is 2.71 bits per heavy atom. The molecule has 0 bridgehead atoms. The first-order valence-electron chi connectivity index (χ1n) is 6.70. The van der Waals surface area contributed by atoms with E-state index in [0.29, 0.717) is 6.42 Å². The van der Waals surface area contributed by atoms with Gasteiger partial charge in [0.25, 0.3) is 0 Å². The van der Waals surface area contributed by atoms with Crippen LogP contribution < -0.4 is 0 Å². The van der Waals surface area contributed by atoms with Crippen molar-refractivity contribution < 1.29 is 5.11 Å². The highest BCUT2D eigenvalue weighted by atomic mass is 16.3. The summed E-state index contributed by atoms with van der Waals surface area (Å²) in [4.78, 5) is 4.38. The fourth-order valence-corrected chi connectivity index (χ4v) is 2.85. The summed E-state index contributed by atoms with van der Waals surface area (Å²) in [5, 5.41) is 10.5. The molecule has 2 heteroatoms. The van der Waals surface area contributed by atoms with Crippen molar-refractivity contribution in [1.29, 1.82) is 0 Å². The molecule has 94 valence electrons. The van der Waals surface area contributed by atoms with E-state index in [9.17, 15) is 5.11 Å². The molecule has 1 fully saturated rings. The minimum absolute atomic E-state index is 0.0994. The van der Waals surface area contributed by atoms with Gasteiger partial charge in [-0.2, -0.15) is 0 Å². The van der Waals surface area contributed by atoms with E-state index in [4.69, 9.17) is 0 Å². The lowest BCUT2D eigenvalue weighted by atomic mass is 9.70. The third-order valence-corrected chi connectivity index (χ3v) is 4.30. The van der Waals surface area contributed by atoms with Crippen LogP contribution in [0.15, 0.2) is 18.3 Å². The molecule has 1 aliphatic carbocycles. The van der Waals surface area contributed by atoms with E-state index in [2.05, 4.69) is 24.9 Å². The zero-order chi connectivity index (χ0) is 12.3. The fraction of sp³-hybridized carbons (Fsp3) is 0.667. The number of pyridine rings is 1. The van der Waals surface area contributed by atoms with Gasteiger partial charge in [0.15, 0.2) is 0 Å². The zero-order valence-electron chi connectivity index (χ0n) is 10.9. The van der Waals surface area contributed by atoms with Crippen molar-refractivity contribution in [2.24, 2.45) is 5.41 Å². The van der Waals surface area contributed by atoms with Gasteiger partial charge in [0.1, 0.15) is 0 Å². The highest BCUT2D eigenvalue weighted by Gasteiger charge is 2.34. The number of aryl methyl sites for hydroxylation is 1. The molecule has 0 aromatic carbocycles. The van der Waals surface area contributed by atoms with Gasteiger partial charge in [0.2, 0.25) is 0 Å². The molecule has 1 aromatic rings. The van der Waals surface area contributed by atoms with Gasteiger partial charge in [-0.25, -0.2) is 0 Å². The van der Waals surface area contributed by atoms with Gasteiger partial charge in [-0.3, -0.25) is 4.98 Å². The molecular weight excluding hydrogens is 210 g/mol. The molecule has 0 spiro atoms. The van der Waals surface area contributed by atoms with E-state index in [1.54, 1.807) is 0 Å². The lowest BCUT2D eigenvalue weighted by Gasteiger charge is -2.38. The molecule has 2 nitrogen and oxygen atoms in total. The molecule has 0 amide bonds. The van der Waals surface area contributed by atoms with Crippen LogP contribution in [0, 0.1) is 12.3 Å². The van der Waals surface area contributed by atoms with Gasteiger partial charge in [0.05, 0.1) is 6.10 Å². The quantitative estimate of drug-likeness (QED) is 0.869.